The zero-order valence-electron chi connectivity index (χ0n) is 14.4. The second-order valence-corrected chi connectivity index (χ2v) is 6.92. The predicted molar refractivity (Wildman–Crippen MR) is 91.2 cm³/mol. The summed E-state index contributed by atoms with van der Waals surface area (Å²) in [5.74, 6) is 0.307. The van der Waals surface area contributed by atoms with E-state index in [9.17, 15) is 4.79 Å². The molecule has 4 heteroatoms. The van der Waals surface area contributed by atoms with Gasteiger partial charge >= 0.3 is 0 Å². The lowest BCUT2D eigenvalue weighted by atomic mass is 9.87. The molecular formula is C19H28N2O2. The molecule has 3 rings (SSSR count). The Labute approximate surface area is 139 Å². The molecule has 2 heterocycles. The number of likely N-dealkylation sites (N-methyl/N-ethyl adjacent to an activating group) is 1. The molecule has 23 heavy (non-hydrogen) atoms. The Kier molecular flexibility index (Phi) is 5.02. The van der Waals surface area contributed by atoms with Crippen molar-refractivity contribution in [3.8, 4) is 0 Å². The molecule has 0 N–H and O–H groups in total. The van der Waals surface area contributed by atoms with Gasteiger partial charge in [-0.1, -0.05) is 29.8 Å². The van der Waals surface area contributed by atoms with E-state index in [1.165, 1.54) is 11.1 Å². The van der Waals surface area contributed by atoms with E-state index in [1.54, 1.807) is 0 Å². The lowest BCUT2D eigenvalue weighted by molar-refractivity contribution is -0.140. The fourth-order valence-corrected chi connectivity index (χ4v) is 4.13. The average molecular weight is 316 g/mol. The van der Waals surface area contributed by atoms with Gasteiger partial charge in [-0.3, -0.25) is 9.69 Å². The Bertz CT molecular complexity index is 552. The number of ether oxygens (including phenoxy) is 1. The van der Waals surface area contributed by atoms with Crippen molar-refractivity contribution in [2.45, 2.75) is 45.2 Å². The van der Waals surface area contributed by atoms with Gasteiger partial charge in [0.25, 0.3) is 0 Å². The molecule has 4 nitrogen and oxygen atoms in total. The first-order valence-corrected chi connectivity index (χ1v) is 8.79. The van der Waals surface area contributed by atoms with Crippen molar-refractivity contribution in [3.05, 3.63) is 35.4 Å². The Balaban J connectivity index is 1.81. The number of carbonyl (C=O) groups is 1. The summed E-state index contributed by atoms with van der Waals surface area (Å²) in [6, 6.07) is 8.69. The van der Waals surface area contributed by atoms with Crippen molar-refractivity contribution < 1.29 is 9.53 Å². The van der Waals surface area contributed by atoms with Crippen molar-refractivity contribution in [3.63, 3.8) is 0 Å². The molecule has 0 bridgehead atoms. The smallest absolute Gasteiger partial charge is 0.224 e. The van der Waals surface area contributed by atoms with E-state index in [1.807, 2.05) is 0 Å². The second kappa shape index (κ2) is 7.02. The van der Waals surface area contributed by atoms with Crippen LogP contribution in [0, 0.1) is 6.92 Å². The van der Waals surface area contributed by atoms with Gasteiger partial charge in [0.15, 0.2) is 0 Å². The third-order valence-corrected chi connectivity index (χ3v) is 5.26. The van der Waals surface area contributed by atoms with Gasteiger partial charge in [0.1, 0.15) is 0 Å². The fourth-order valence-electron chi connectivity index (χ4n) is 4.13. The van der Waals surface area contributed by atoms with Crippen molar-refractivity contribution in [2.75, 3.05) is 32.8 Å². The number of carbonyl (C=O) groups excluding carboxylic acids is 1. The highest BCUT2D eigenvalue weighted by atomic mass is 16.5. The molecule has 1 aromatic rings. The SMILES string of the molecule is CCN1C(=O)CCN(Cc2cccc(C)c2)CC12CCOCC2. The molecule has 0 saturated carbocycles. The van der Waals surface area contributed by atoms with Gasteiger partial charge in [-0.25, -0.2) is 0 Å². The molecule has 1 aromatic carbocycles. The van der Waals surface area contributed by atoms with Gasteiger partial charge in [0.2, 0.25) is 5.91 Å². The first-order chi connectivity index (χ1) is 11.1. The zero-order valence-corrected chi connectivity index (χ0v) is 14.4. The van der Waals surface area contributed by atoms with E-state index in [0.29, 0.717) is 12.3 Å². The van der Waals surface area contributed by atoms with Gasteiger partial charge in [-0.2, -0.15) is 0 Å². The van der Waals surface area contributed by atoms with Crippen molar-refractivity contribution >= 4 is 5.91 Å². The number of rotatable bonds is 3. The van der Waals surface area contributed by atoms with Gasteiger partial charge in [-0.15, -0.1) is 0 Å². The topological polar surface area (TPSA) is 32.8 Å². The Morgan fingerprint density at radius 3 is 2.74 bits per heavy atom. The van der Waals surface area contributed by atoms with Crippen LogP contribution in [-0.2, 0) is 16.1 Å². The van der Waals surface area contributed by atoms with E-state index in [0.717, 1.165) is 52.2 Å². The molecule has 2 saturated heterocycles. The number of hydrogen-bond acceptors (Lipinski definition) is 3. The minimum absolute atomic E-state index is 0.0373. The molecule has 2 fully saturated rings. The van der Waals surface area contributed by atoms with E-state index in [4.69, 9.17) is 4.74 Å². The lowest BCUT2D eigenvalue weighted by Crippen LogP contribution is -2.58. The van der Waals surface area contributed by atoms with E-state index in [-0.39, 0.29) is 5.54 Å². The highest BCUT2D eigenvalue weighted by Gasteiger charge is 2.43. The zero-order chi connectivity index (χ0) is 16.3. The third-order valence-electron chi connectivity index (χ3n) is 5.26. The summed E-state index contributed by atoms with van der Waals surface area (Å²) in [5.41, 5.74) is 2.60. The predicted octanol–water partition coefficient (Wildman–Crippen LogP) is 2.60. The summed E-state index contributed by atoms with van der Waals surface area (Å²) < 4.78 is 5.58. The van der Waals surface area contributed by atoms with Crippen LogP contribution in [0.3, 0.4) is 0 Å². The normalized spacial score (nSPS) is 22.3. The van der Waals surface area contributed by atoms with Crippen molar-refractivity contribution in [1.29, 1.82) is 0 Å². The van der Waals surface area contributed by atoms with Crippen molar-refractivity contribution in [1.82, 2.24) is 9.80 Å². The standard InChI is InChI=1S/C19H28N2O2/c1-3-21-18(22)7-10-20(14-17-6-4-5-16(2)13-17)15-19(21)8-11-23-12-9-19/h4-6,13H,3,7-12,14-15H2,1-2H3. The van der Waals surface area contributed by atoms with Crippen LogP contribution in [0.2, 0.25) is 0 Å². The summed E-state index contributed by atoms with van der Waals surface area (Å²) in [6.45, 7) is 9.31. The highest BCUT2D eigenvalue weighted by Crippen LogP contribution is 2.32. The summed E-state index contributed by atoms with van der Waals surface area (Å²) >= 11 is 0. The molecule has 1 spiro atoms. The summed E-state index contributed by atoms with van der Waals surface area (Å²) in [5, 5.41) is 0. The first kappa shape index (κ1) is 16.5. The summed E-state index contributed by atoms with van der Waals surface area (Å²) in [4.78, 5) is 17.2. The highest BCUT2D eigenvalue weighted by molar-refractivity contribution is 5.77. The van der Waals surface area contributed by atoms with Crippen LogP contribution in [-0.4, -0.2) is 54.1 Å². The van der Waals surface area contributed by atoms with Crippen LogP contribution < -0.4 is 0 Å². The maximum Gasteiger partial charge on any atom is 0.224 e. The second-order valence-electron chi connectivity index (χ2n) is 6.92. The minimum Gasteiger partial charge on any atom is -0.381 e. The van der Waals surface area contributed by atoms with E-state index >= 15 is 0 Å². The van der Waals surface area contributed by atoms with Crippen LogP contribution in [0.4, 0.5) is 0 Å². The molecule has 126 valence electrons. The number of hydrogen-bond donors (Lipinski definition) is 0. The van der Waals surface area contributed by atoms with Gasteiger partial charge < -0.3 is 9.64 Å². The van der Waals surface area contributed by atoms with E-state index < -0.39 is 0 Å². The molecule has 2 aliphatic heterocycles. The van der Waals surface area contributed by atoms with Crippen LogP contribution in [0.5, 0.6) is 0 Å². The number of amides is 1. The minimum atomic E-state index is -0.0373. The fraction of sp³-hybridized carbons (Fsp3) is 0.632. The van der Waals surface area contributed by atoms with Crippen LogP contribution in [0.25, 0.3) is 0 Å². The van der Waals surface area contributed by atoms with Crippen LogP contribution in [0.15, 0.2) is 24.3 Å². The average Bonchev–Trinajstić information content (AvgIpc) is 2.65. The largest absolute Gasteiger partial charge is 0.381 e. The molecular weight excluding hydrogens is 288 g/mol. The van der Waals surface area contributed by atoms with Crippen LogP contribution >= 0.6 is 0 Å². The molecule has 0 aromatic heterocycles. The summed E-state index contributed by atoms with van der Waals surface area (Å²) in [7, 11) is 0. The molecule has 0 atom stereocenters. The third kappa shape index (κ3) is 3.59. The Hall–Kier alpha value is -1.39. The van der Waals surface area contributed by atoms with Crippen LogP contribution in [0.1, 0.15) is 37.3 Å². The maximum absolute atomic E-state index is 12.6. The molecule has 0 unspecified atom stereocenters. The molecule has 1 amide bonds. The van der Waals surface area contributed by atoms with Crippen molar-refractivity contribution in [2.24, 2.45) is 0 Å². The number of aryl methyl sites for hydroxylation is 1. The van der Waals surface area contributed by atoms with Gasteiger partial charge in [0.05, 0.1) is 5.54 Å². The molecule has 2 aliphatic rings. The Morgan fingerprint density at radius 2 is 2.04 bits per heavy atom. The Morgan fingerprint density at radius 1 is 1.26 bits per heavy atom. The molecule has 0 aliphatic carbocycles. The van der Waals surface area contributed by atoms with Gasteiger partial charge in [0, 0.05) is 45.8 Å². The molecule has 0 radical (unpaired) electrons. The first-order valence-electron chi connectivity index (χ1n) is 8.79. The lowest BCUT2D eigenvalue weighted by Gasteiger charge is -2.46. The monoisotopic (exact) mass is 316 g/mol. The maximum atomic E-state index is 12.6. The quantitative estimate of drug-likeness (QED) is 0.859. The number of nitrogens with zero attached hydrogens (tertiary/aromatic N) is 2. The van der Waals surface area contributed by atoms with E-state index in [2.05, 4.69) is 47.9 Å². The van der Waals surface area contributed by atoms with Gasteiger partial charge in [-0.05, 0) is 32.3 Å². The summed E-state index contributed by atoms with van der Waals surface area (Å²) in [6.07, 6.45) is 2.54. The number of benzene rings is 1.